The molecule has 80 valence electrons. The van der Waals surface area contributed by atoms with Crippen LogP contribution in [-0.4, -0.2) is 61.6 Å². The highest BCUT2D eigenvalue weighted by molar-refractivity contribution is 5.76. The second kappa shape index (κ2) is 3.87. The van der Waals surface area contributed by atoms with Gasteiger partial charge < -0.3 is 9.64 Å². The number of hydrogen-bond donors (Lipinski definition) is 0. The maximum absolute atomic E-state index is 11.6. The first-order chi connectivity index (χ1) is 6.72. The van der Waals surface area contributed by atoms with Crippen LogP contribution in [0.4, 0.5) is 0 Å². The minimum absolute atomic E-state index is 0.0359. The van der Waals surface area contributed by atoms with E-state index in [2.05, 4.69) is 16.8 Å². The molecule has 0 amide bonds. The van der Waals surface area contributed by atoms with Gasteiger partial charge in [0.1, 0.15) is 6.04 Å². The van der Waals surface area contributed by atoms with Gasteiger partial charge in [-0.3, -0.25) is 9.69 Å². The van der Waals surface area contributed by atoms with Crippen LogP contribution in [0.3, 0.4) is 0 Å². The molecule has 2 rings (SSSR count). The molecule has 4 heteroatoms. The second-order valence-electron chi connectivity index (χ2n) is 4.29. The SMILES string of the molecule is COC(=O)C1CN(C)CC2CCCN21. The molecule has 0 spiro atoms. The summed E-state index contributed by atoms with van der Waals surface area (Å²) in [4.78, 5) is 16.1. The van der Waals surface area contributed by atoms with E-state index in [0.29, 0.717) is 6.04 Å². The van der Waals surface area contributed by atoms with Crippen molar-refractivity contribution in [3.05, 3.63) is 0 Å². The summed E-state index contributed by atoms with van der Waals surface area (Å²) in [7, 11) is 3.55. The van der Waals surface area contributed by atoms with Gasteiger partial charge in [-0.2, -0.15) is 0 Å². The number of likely N-dealkylation sites (N-methyl/N-ethyl adjacent to an activating group) is 1. The van der Waals surface area contributed by atoms with Crippen LogP contribution in [0, 0.1) is 0 Å². The molecule has 14 heavy (non-hydrogen) atoms. The van der Waals surface area contributed by atoms with E-state index in [1.54, 1.807) is 0 Å². The summed E-state index contributed by atoms with van der Waals surface area (Å²) in [5, 5.41) is 0. The average molecular weight is 198 g/mol. The third-order valence-corrected chi connectivity index (χ3v) is 3.30. The number of carbonyl (C=O) groups is 1. The lowest BCUT2D eigenvalue weighted by Gasteiger charge is -2.40. The second-order valence-corrected chi connectivity index (χ2v) is 4.29. The Morgan fingerprint density at radius 2 is 2.21 bits per heavy atom. The number of fused-ring (bicyclic) bond motifs is 1. The molecule has 4 nitrogen and oxygen atoms in total. The van der Waals surface area contributed by atoms with Gasteiger partial charge in [0.05, 0.1) is 7.11 Å². The fourth-order valence-electron chi connectivity index (χ4n) is 2.64. The van der Waals surface area contributed by atoms with Crippen LogP contribution < -0.4 is 0 Å². The molecule has 0 radical (unpaired) electrons. The molecule has 0 aliphatic carbocycles. The zero-order valence-electron chi connectivity index (χ0n) is 8.90. The molecule has 2 aliphatic rings. The number of nitrogens with zero attached hydrogens (tertiary/aromatic N) is 2. The van der Waals surface area contributed by atoms with Crippen molar-refractivity contribution in [3.8, 4) is 0 Å². The zero-order valence-corrected chi connectivity index (χ0v) is 8.90. The summed E-state index contributed by atoms with van der Waals surface area (Å²) in [6, 6.07) is 0.532. The predicted molar refractivity (Wildman–Crippen MR) is 53.0 cm³/mol. The number of piperazine rings is 1. The van der Waals surface area contributed by atoms with Gasteiger partial charge in [-0.25, -0.2) is 0 Å². The molecule has 0 N–H and O–H groups in total. The maximum atomic E-state index is 11.6. The Kier molecular flexibility index (Phi) is 2.74. The van der Waals surface area contributed by atoms with E-state index in [9.17, 15) is 4.79 Å². The van der Waals surface area contributed by atoms with Crippen LogP contribution in [0.2, 0.25) is 0 Å². The Balaban J connectivity index is 2.09. The van der Waals surface area contributed by atoms with Gasteiger partial charge in [-0.15, -0.1) is 0 Å². The highest BCUT2D eigenvalue weighted by Gasteiger charge is 2.40. The summed E-state index contributed by atoms with van der Waals surface area (Å²) in [5.74, 6) is -0.0801. The number of ether oxygens (including phenoxy) is 1. The van der Waals surface area contributed by atoms with E-state index in [4.69, 9.17) is 4.74 Å². The van der Waals surface area contributed by atoms with Gasteiger partial charge in [0.15, 0.2) is 0 Å². The van der Waals surface area contributed by atoms with Crippen molar-refractivity contribution >= 4 is 5.97 Å². The van der Waals surface area contributed by atoms with Crippen LogP contribution in [0.5, 0.6) is 0 Å². The van der Waals surface area contributed by atoms with Gasteiger partial charge in [0.25, 0.3) is 0 Å². The van der Waals surface area contributed by atoms with Gasteiger partial charge in [0.2, 0.25) is 0 Å². The number of esters is 1. The van der Waals surface area contributed by atoms with Crippen LogP contribution in [-0.2, 0) is 9.53 Å². The Labute approximate surface area is 84.8 Å². The largest absolute Gasteiger partial charge is 0.468 e. The van der Waals surface area contributed by atoms with Gasteiger partial charge in [-0.05, 0) is 26.4 Å². The smallest absolute Gasteiger partial charge is 0.324 e. The molecule has 2 atom stereocenters. The number of hydrogen-bond acceptors (Lipinski definition) is 4. The number of rotatable bonds is 1. The minimum atomic E-state index is -0.0801. The molecule has 0 aromatic heterocycles. The molecule has 0 bridgehead atoms. The van der Waals surface area contributed by atoms with E-state index < -0.39 is 0 Å². The quantitative estimate of drug-likeness (QED) is 0.553. The summed E-state index contributed by atoms with van der Waals surface area (Å²) in [6.07, 6.45) is 2.43. The molecule has 2 fully saturated rings. The fraction of sp³-hybridized carbons (Fsp3) is 0.900. The summed E-state index contributed by atoms with van der Waals surface area (Å²) in [5.41, 5.74) is 0. The van der Waals surface area contributed by atoms with Crippen molar-refractivity contribution in [1.82, 2.24) is 9.80 Å². The van der Waals surface area contributed by atoms with Crippen LogP contribution >= 0.6 is 0 Å². The van der Waals surface area contributed by atoms with Crippen molar-refractivity contribution in [2.45, 2.75) is 24.9 Å². The monoisotopic (exact) mass is 198 g/mol. The minimum Gasteiger partial charge on any atom is -0.468 e. The third kappa shape index (κ3) is 1.64. The number of carbonyl (C=O) groups excluding carboxylic acids is 1. The molecule has 0 aromatic carbocycles. The van der Waals surface area contributed by atoms with Gasteiger partial charge in [-0.1, -0.05) is 0 Å². The zero-order chi connectivity index (χ0) is 10.1. The summed E-state index contributed by atoms with van der Waals surface area (Å²) < 4.78 is 4.84. The first kappa shape index (κ1) is 9.93. The van der Waals surface area contributed by atoms with Crippen LogP contribution in [0.15, 0.2) is 0 Å². The van der Waals surface area contributed by atoms with E-state index >= 15 is 0 Å². The molecular weight excluding hydrogens is 180 g/mol. The van der Waals surface area contributed by atoms with Crippen LogP contribution in [0.25, 0.3) is 0 Å². The first-order valence-electron chi connectivity index (χ1n) is 5.24. The Morgan fingerprint density at radius 1 is 1.43 bits per heavy atom. The van der Waals surface area contributed by atoms with E-state index in [-0.39, 0.29) is 12.0 Å². The predicted octanol–water partition coefficient (Wildman–Crippen LogP) is -0.0622. The van der Waals surface area contributed by atoms with E-state index in [1.165, 1.54) is 20.0 Å². The van der Waals surface area contributed by atoms with Gasteiger partial charge >= 0.3 is 5.97 Å². The third-order valence-electron chi connectivity index (χ3n) is 3.30. The average Bonchev–Trinajstić information content (AvgIpc) is 2.62. The molecule has 0 aromatic rings. The molecule has 0 saturated carbocycles. The first-order valence-corrected chi connectivity index (χ1v) is 5.24. The maximum Gasteiger partial charge on any atom is 0.324 e. The lowest BCUT2D eigenvalue weighted by atomic mass is 10.1. The molecular formula is C10H18N2O2. The number of methoxy groups -OCH3 is 1. The molecule has 2 aliphatic heterocycles. The normalized spacial score (nSPS) is 34.1. The molecule has 2 saturated heterocycles. The van der Waals surface area contributed by atoms with Crippen LogP contribution in [0.1, 0.15) is 12.8 Å². The highest BCUT2D eigenvalue weighted by atomic mass is 16.5. The molecule has 2 heterocycles. The highest BCUT2D eigenvalue weighted by Crippen LogP contribution is 2.25. The Morgan fingerprint density at radius 3 is 2.93 bits per heavy atom. The lowest BCUT2D eigenvalue weighted by Crippen LogP contribution is -2.58. The molecule has 2 unspecified atom stereocenters. The van der Waals surface area contributed by atoms with Gasteiger partial charge in [0, 0.05) is 19.1 Å². The van der Waals surface area contributed by atoms with Crippen molar-refractivity contribution in [2.24, 2.45) is 0 Å². The summed E-state index contributed by atoms with van der Waals surface area (Å²) in [6.45, 7) is 2.95. The summed E-state index contributed by atoms with van der Waals surface area (Å²) >= 11 is 0. The van der Waals surface area contributed by atoms with E-state index in [0.717, 1.165) is 19.6 Å². The van der Waals surface area contributed by atoms with Crippen molar-refractivity contribution in [2.75, 3.05) is 33.8 Å². The van der Waals surface area contributed by atoms with Crippen molar-refractivity contribution in [3.63, 3.8) is 0 Å². The Bertz CT molecular complexity index is 232. The lowest BCUT2D eigenvalue weighted by molar-refractivity contribution is -0.150. The standard InChI is InChI=1S/C10H18N2O2/c1-11-6-8-4-3-5-12(8)9(7-11)10(13)14-2/h8-9H,3-7H2,1-2H3. The fourth-order valence-corrected chi connectivity index (χ4v) is 2.64. The topological polar surface area (TPSA) is 32.8 Å². The van der Waals surface area contributed by atoms with Crippen molar-refractivity contribution < 1.29 is 9.53 Å². The Hall–Kier alpha value is -0.610. The van der Waals surface area contributed by atoms with E-state index in [1.807, 2.05) is 0 Å². The van der Waals surface area contributed by atoms with Crippen molar-refractivity contribution in [1.29, 1.82) is 0 Å².